The molecule has 7 heteroatoms. The number of allylic oxidation sites excluding steroid dienone is 1. The van der Waals surface area contributed by atoms with Crippen LogP contribution in [0.25, 0.3) is 6.08 Å². The number of piperidine rings is 1. The quantitative estimate of drug-likeness (QED) is 0.762. The lowest BCUT2D eigenvalue weighted by Crippen LogP contribution is -2.51. The van der Waals surface area contributed by atoms with Crippen molar-refractivity contribution < 1.29 is 19.1 Å². The fourth-order valence-electron chi connectivity index (χ4n) is 5.60. The van der Waals surface area contributed by atoms with Crippen LogP contribution in [0.2, 0.25) is 0 Å². The highest BCUT2D eigenvalue weighted by Gasteiger charge is 2.54. The summed E-state index contributed by atoms with van der Waals surface area (Å²) < 4.78 is 10.8. The molecule has 1 aromatic rings. The second-order valence-corrected chi connectivity index (χ2v) is 8.58. The molecule has 1 amide bonds. The van der Waals surface area contributed by atoms with Gasteiger partial charge in [0.1, 0.15) is 6.10 Å². The van der Waals surface area contributed by atoms with E-state index in [1.807, 2.05) is 39.2 Å². The molecule has 7 nitrogen and oxygen atoms in total. The third-order valence-corrected chi connectivity index (χ3v) is 6.99. The van der Waals surface area contributed by atoms with E-state index in [4.69, 9.17) is 9.47 Å². The summed E-state index contributed by atoms with van der Waals surface area (Å²) in [5.74, 6) is 0.913. The van der Waals surface area contributed by atoms with Crippen LogP contribution in [-0.2, 0) is 14.3 Å². The Bertz CT molecular complexity index is 809. The van der Waals surface area contributed by atoms with Gasteiger partial charge in [0.15, 0.2) is 0 Å². The van der Waals surface area contributed by atoms with Crippen LogP contribution in [0.15, 0.2) is 24.4 Å². The Morgan fingerprint density at radius 2 is 2.27 bits per heavy atom. The fourth-order valence-corrected chi connectivity index (χ4v) is 5.60. The number of hydrogen-bond acceptors (Lipinski definition) is 6. The number of amides is 1. The predicted octanol–water partition coefficient (Wildman–Crippen LogP) is 3.43. The molecule has 1 N–H and O–H groups in total. The van der Waals surface area contributed by atoms with Crippen molar-refractivity contribution in [3.63, 3.8) is 0 Å². The van der Waals surface area contributed by atoms with E-state index in [1.165, 1.54) is 0 Å². The van der Waals surface area contributed by atoms with Crippen LogP contribution in [0.3, 0.4) is 0 Å². The lowest BCUT2D eigenvalue weighted by atomic mass is 9.59. The monoisotopic (exact) mass is 413 g/mol. The first-order chi connectivity index (χ1) is 14.5. The van der Waals surface area contributed by atoms with Crippen molar-refractivity contribution in [2.75, 3.05) is 32.1 Å². The highest BCUT2D eigenvalue weighted by atomic mass is 16.6. The Hall–Kier alpha value is -2.57. The largest absolute Gasteiger partial charge is 0.462 e. The summed E-state index contributed by atoms with van der Waals surface area (Å²) in [5.41, 5.74) is 1.87. The van der Waals surface area contributed by atoms with Crippen molar-refractivity contribution in [1.29, 1.82) is 0 Å². The zero-order valence-corrected chi connectivity index (χ0v) is 17.9. The molecule has 1 aliphatic carbocycles. The summed E-state index contributed by atoms with van der Waals surface area (Å²) in [6.07, 6.45) is 7.48. The maximum atomic E-state index is 12.5. The van der Waals surface area contributed by atoms with Gasteiger partial charge in [-0.25, -0.2) is 4.79 Å². The first-order valence-corrected chi connectivity index (χ1v) is 11.0. The van der Waals surface area contributed by atoms with Gasteiger partial charge in [0, 0.05) is 26.1 Å². The highest BCUT2D eigenvalue weighted by Crippen LogP contribution is 2.51. The Morgan fingerprint density at radius 1 is 1.43 bits per heavy atom. The molecule has 4 rings (SSSR count). The fraction of sp³-hybridized carbons (Fsp3) is 0.609. The number of rotatable bonds is 4. The maximum absolute atomic E-state index is 12.5. The van der Waals surface area contributed by atoms with Gasteiger partial charge < -0.3 is 19.7 Å². The molecule has 3 aliphatic rings. The molecule has 0 bridgehead atoms. The predicted molar refractivity (Wildman–Crippen MR) is 114 cm³/mol. The van der Waals surface area contributed by atoms with E-state index in [0.717, 1.165) is 24.2 Å². The Labute approximate surface area is 177 Å². The number of esters is 1. The number of aromatic nitrogens is 1. The zero-order valence-electron chi connectivity index (χ0n) is 17.9. The van der Waals surface area contributed by atoms with E-state index in [9.17, 15) is 9.59 Å². The minimum atomic E-state index is -0.249. The maximum Gasteiger partial charge on any atom is 0.409 e. The van der Waals surface area contributed by atoms with Crippen LogP contribution in [0.1, 0.15) is 32.4 Å². The van der Waals surface area contributed by atoms with Crippen molar-refractivity contribution in [2.24, 2.45) is 29.6 Å². The van der Waals surface area contributed by atoms with Crippen LogP contribution in [-0.4, -0.2) is 54.8 Å². The smallest absolute Gasteiger partial charge is 0.409 e. The molecule has 0 spiro atoms. The van der Waals surface area contributed by atoms with Gasteiger partial charge in [-0.3, -0.25) is 9.78 Å². The average Bonchev–Trinajstić information content (AvgIpc) is 3.04. The third-order valence-electron chi connectivity index (χ3n) is 6.99. The number of cyclic esters (lactones) is 1. The number of fused-ring (bicyclic) bond motifs is 2. The van der Waals surface area contributed by atoms with Crippen molar-refractivity contribution in [1.82, 2.24) is 9.88 Å². The molecule has 2 aliphatic heterocycles. The molecule has 6 unspecified atom stereocenters. The second-order valence-electron chi connectivity index (χ2n) is 8.58. The summed E-state index contributed by atoms with van der Waals surface area (Å²) in [6, 6.07) is 3.99. The van der Waals surface area contributed by atoms with Crippen LogP contribution in [0, 0.1) is 29.6 Å². The number of anilines is 1. The zero-order chi connectivity index (χ0) is 21.3. The Kier molecular flexibility index (Phi) is 5.97. The minimum Gasteiger partial charge on any atom is -0.462 e. The van der Waals surface area contributed by atoms with E-state index in [1.54, 1.807) is 4.90 Å². The molecule has 1 saturated carbocycles. The Balaban J connectivity index is 1.57. The molecule has 2 saturated heterocycles. The SMILES string of the molecule is CCOC(=O)N1CCC2C(CC3C(=O)OC(C)C3C2/C=C/c2ccc(NC)cn2)C1. The van der Waals surface area contributed by atoms with Gasteiger partial charge in [-0.15, -0.1) is 0 Å². The molecule has 162 valence electrons. The van der Waals surface area contributed by atoms with Gasteiger partial charge in [-0.05, 0) is 62.7 Å². The normalized spacial score (nSPS) is 33.0. The number of hydrogen-bond donors (Lipinski definition) is 1. The summed E-state index contributed by atoms with van der Waals surface area (Å²) in [7, 11) is 1.87. The topological polar surface area (TPSA) is 80.8 Å². The molecule has 3 fully saturated rings. The molecule has 30 heavy (non-hydrogen) atoms. The first kappa shape index (κ1) is 20.7. The summed E-state index contributed by atoms with van der Waals surface area (Å²) in [6.45, 7) is 5.55. The van der Waals surface area contributed by atoms with Crippen molar-refractivity contribution in [3.05, 3.63) is 30.1 Å². The van der Waals surface area contributed by atoms with Crippen LogP contribution in [0.4, 0.5) is 10.5 Å². The number of pyridine rings is 1. The van der Waals surface area contributed by atoms with Crippen molar-refractivity contribution in [3.8, 4) is 0 Å². The van der Waals surface area contributed by atoms with Crippen LogP contribution >= 0.6 is 0 Å². The molecule has 1 aromatic heterocycles. The molecular formula is C23H31N3O4. The summed E-state index contributed by atoms with van der Waals surface area (Å²) in [4.78, 5) is 31.1. The third kappa shape index (κ3) is 3.89. The molecule has 3 heterocycles. The molecular weight excluding hydrogens is 382 g/mol. The number of nitrogens with one attached hydrogen (secondary N) is 1. The van der Waals surface area contributed by atoms with Gasteiger partial charge in [0.25, 0.3) is 0 Å². The first-order valence-electron chi connectivity index (χ1n) is 11.0. The molecule has 0 radical (unpaired) electrons. The van der Waals surface area contributed by atoms with E-state index in [2.05, 4.69) is 22.5 Å². The minimum absolute atomic E-state index is 0.0826. The van der Waals surface area contributed by atoms with Crippen molar-refractivity contribution >= 4 is 23.8 Å². The number of carbonyl (C=O) groups is 2. The number of likely N-dealkylation sites (tertiary alicyclic amines) is 1. The lowest BCUT2D eigenvalue weighted by Gasteiger charge is -2.48. The molecule has 6 atom stereocenters. The second kappa shape index (κ2) is 8.66. The molecule has 0 aromatic carbocycles. The number of nitrogens with zero attached hydrogens (tertiary/aromatic N) is 2. The average molecular weight is 414 g/mol. The number of ether oxygens (including phenoxy) is 2. The van der Waals surface area contributed by atoms with Gasteiger partial charge in [-0.2, -0.15) is 0 Å². The van der Waals surface area contributed by atoms with Crippen LogP contribution in [0.5, 0.6) is 0 Å². The lowest BCUT2D eigenvalue weighted by molar-refractivity contribution is -0.144. The van der Waals surface area contributed by atoms with Gasteiger partial charge in [0.2, 0.25) is 0 Å². The van der Waals surface area contributed by atoms with Crippen LogP contribution < -0.4 is 5.32 Å². The van der Waals surface area contributed by atoms with E-state index >= 15 is 0 Å². The van der Waals surface area contributed by atoms with E-state index in [0.29, 0.717) is 25.6 Å². The van der Waals surface area contributed by atoms with Gasteiger partial charge >= 0.3 is 12.1 Å². The standard InChI is InChI=1S/C23H31N3O4/c1-4-29-23(28)26-10-9-18-15(13-26)11-20-21(14(2)30-22(20)27)19(18)8-7-16-5-6-17(24-3)12-25-16/h5-8,12,14-15,18-21,24H,4,9-11,13H2,1-3H3/b8-7+. The van der Waals surface area contributed by atoms with Crippen molar-refractivity contribution in [2.45, 2.75) is 32.8 Å². The van der Waals surface area contributed by atoms with Gasteiger partial charge in [-0.1, -0.05) is 6.08 Å². The Morgan fingerprint density at radius 3 is 2.97 bits per heavy atom. The summed E-state index contributed by atoms with van der Waals surface area (Å²) in [5, 5.41) is 3.08. The highest BCUT2D eigenvalue weighted by molar-refractivity contribution is 5.76. The summed E-state index contributed by atoms with van der Waals surface area (Å²) >= 11 is 0. The van der Waals surface area contributed by atoms with E-state index < -0.39 is 0 Å². The number of carbonyl (C=O) groups excluding carboxylic acids is 2. The van der Waals surface area contributed by atoms with Gasteiger partial charge in [0.05, 0.1) is 30.1 Å². The van der Waals surface area contributed by atoms with E-state index in [-0.39, 0.29) is 41.8 Å².